The van der Waals surface area contributed by atoms with Crippen LogP contribution in [-0.4, -0.2) is 11.8 Å². The summed E-state index contributed by atoms with van der Waals surface area (Å²) in [5, 5.41) is 2.63. The van der Waals surface area contributed by atoms with Gasteiger partial charge in [0.15, 0.2) is 0 Å². The van der Waals surface area contributed by atoms with Crippen LogP contribution in [0.4, 0.5) is 8.78 Å². The van der Waals surface area contributed by atoms with Crippen molar-refractivity contribution in [2.24, 2.45) is 5.92 Å². The molecule has 140 valence electrons. The number of benzene rings is 1. The quantitative estimate of drug-likeness (QED) is 0.574. The Morgan fingerprint density at radius 3 is 2.16 bits per heavy atom. The van der Waals surface area contributed by atoms with Crippen LogP contribution in [0, 0.1) is 5.92 Å². The third kappa shape index (κ3) is 9.44. The molecule has 25 heavy (non-hydrogen) atoms. The van der Waals surface area contributed by atoms with Crippen molar-refractivity contribution in [3.8, 4) is 0 Å². The van der Waals surface area contributed by atoms with Crippen molar-refractivity contribution in [2.45, 2.75) is 53.4 Å². The van der Waals surface area contributed by atoms with E-state index < -0.39 is 5.92 Å². The van der Waals surface area contributed by atoms with Crippen molar-refractivity contribution in [2.75, 3.05) is 0 Å². The maximum absolute atomic E-state index is 13.0. The molecule has 1 aromatic rings. The van der Waals surface area contributed by atoms with Gasteiger partial charge in [0.05, 0.1) is 9.93 Å². The first-order valence-corrected chi connectivity index (χ1v) is 9.25. The van der Waals surface area contributed by atoms with E-state index in [-0.39, 0.29) is 15.8 Å². The molecule has 0 saturated carbocycles. The van der Waals surface area contributed by atoms with Crippen LogP contribution >= 0.6 is 11.8 Å². The monoisotopic (exact) mass is 369 g/mol. The summed E-state index contributed by atoms with van der Waals surface area (Å²) < 4.78 is 26.1. The highest BCUT2D eigenvalue weighted by atomic mass is 32.2. The zero-order valence-electron chi connectivity index (χ0n) is 15.8. The molecule has 1 N–H and O–H groups in total. The van der Waals surface area contributed by atoms with Crippen molar-refractivity contribution >= 4 is 17.7 Å². The Bertz CT molecular complexity index is 574. The number of allylic oxidation sites excluding steroid dienone is 1. The molecule has 5 heteroatoms. The van der Waals surface area contributed by atoms with Gasteiger partial charge in [0.2, 0.25) is 0 Å². The number of thioether (sulfide) groups is 1. The van der Waals surface area contributed by atoms with Gasteiger partial charge < -0.3 is 5.32 Å². The average Bonchev–Trinajstić information content (AvgIpc) is 2.54. The lowest BCUT2D eigenvalue weighted by Crippen LogP contribution is -2.22. The fraction of sp³-hybridized carbons (Fsp3) is 0.450. The number of amides is 1. The van der Waals surface area contributed by atoms with Crippen LogP contribution in [0.2, 0.25) is 0 Å². The molecule has 1 amide bonds. The number of hydrogen-bond acceptors (Lipinski definition) is 2. The molecular formula is C20H29F2NOS. The van der Waals surface area contributed by atoms with Crippen molar-refractivity contribution < 1.29 is 13.6 Å². The van der Waals surface area contributed by atoms with E-state index in [0.717, 1.165) is 19.8 Å². The maximum atomic E-state index is 13.0. The predicted octanol–water partition coefficient (Wildman–Crippen LogP) is 6.40. The third-order valence-electron chi connectivity index (χ3n) is 3.22. The highest BCUT2D eigenvalue weighted by molar-refractivity contribution is 8.06. The minimum Gasteiger partial charge on any atom is -0.317 e. The Kier molecular flexibility index (Phi) is 10.4. The first-order chi connectivity index (χ1) is 11.6. The van der Waals surface area contributed by atoms with Gasteiger partial charge in [-0.1, -0.05) is 64.7 Å². The Labute approximate surface area is 154 Å². The minimum atomic E-state index is -3.02. The molecule has 0 heterocycles. The van der Waals surface area contributed by atoms with E-state index in [1.165, 1.54) is 5.56 Å². The Hall–Kier alpha value is -1.62. The fourth-order valence-corrected chi connectivity index (χ4v) is 2.36. The second-order valence-corrected chi connectivity index (χ2v) is 7.11. The molecule has 0 radical (unpaired) electrons. The van der Waals surface area contributed by atoms with Crippen LogP contribution in [0.1, 0.15) is 57.0 Å². The van der Waals surface area contributed by atoms with Crippen LogP contribution in [0.3, 0.4) is 0 Å². The SMILES string of the molecule is C=C(NC(=O)c1ccc(CCC(C)C)cc1)SC(=C)C(C)(F)F.CC. The van der Waals surface area contributed by atoms with E-state index in [1.807, 2.05) is 26.0 Å². The van der Waals surface area contributed by atoms with E-state index in [1.54, 1.807) is 12.1 Å². The third-order valence-corrected chi connectivity index (χ3v) is 4.17. The molecular weight excluding hydrogens is 340 g/mol. The maximum Gasteiger partial charge on any atom is 0.276 e. The second kappa shape index (κ2) is 11.1. The van der Waals surface area contributed by atoms with Gasteiger partial charge in [0.1, 0.15) is 0 Å². The molecule has 0 aliphatic carbocycles. The lowest BCUT2D eigenvalue weighted by Gasteiger charge is -2.15. The highest BCUT2D eigenvalue weighted by Crippen LogP contribution is 2.34. The summed E-state index contributed by atoms with van der Waals surface area (Å²) in [7, 11) is 0. The molecule has 1 aromatic carbocycles. The van der Waals surface area contributed by atoms with E-state index in [2.05, 4.69) is 32.3 Å². The molecule has 2 nitrogen and oxygen atoms in total. The van der Waals surface area contributed by atoms with Crippen molar-refractivity contribution in [3.63, 3.8) is 0 Å². The van der Waals surface area contributed by atoms with Gasteiger partial charge >= 0.3 is 0 Å². The van der Waals surface area contributed by atoms with E-state index in [4.69, 9.17) is 0 Å². The molecule has 0 atom stereocenters. The van der Waals surface area contributed by atoms with Crippen LogP contribution in [-0.2, 0) is 6.42 Å². The molecule has 0 fully saturated rings. The van der Waals surface area contributed by atoms with Gasteiger partial charge in [-0.15, -0.1) is 0 Å². The Morgan fingerprint density at radius 1 is 1.20 bits per heavy atom. The second-order valence-electron chi connectivity index (χ2n) is 5.92. The van der Waals surface area contributed by atoms with Gasteiger partial charge in [-0.2, -0.15) is 0 Å². The molecule has 0 saturated heterocycles. The molecule has 0 bridgehead atoms. The van der Waals surface area contributed by atoms with Gasteiger partial charge in [-0.25, -0.2) is 8.78 Å². The zero-order valence-corrected chi connectivity index (χ0v) is 16.6. The molecule has 0 aliphatic rings. The van der Waals surface area contributed by atoms with Gasteiger partial charge in [-0.3, -0.25) is 4.79 Å². The average molecular weight is 370 g/mol. The fourth-order valence-electron chi connectivity index (χ4n) is 1.74. The molecule has 1 rings (SSSR count). The summed E-state index contributed by atoms with van der Waals surface area (Å²) in [6, 6.07) is 7.27. The molecule has 0 aliphatic heterocycles. The van der Waals surface area contributed by atoms with Crippen molar-refractivity contribution in [1.29, 1.82) is 0 Å². The van der Waals surface area contributed by atoms with E-state index in [0.29, 0.717) is 23.2 Å². The minimum absolute atomic E-state index is 0.130. The summed E-state index contributed by atoms with van der Waals surface area (Å²) in [4.78, 5) is 11.7. The van der Waals surface area contributed by atoms with Crippen LogP contribution in [0.5, 0.6) is 0 Å². The number of alkyl halides is 2. The largest absolute Gasteiger partial charge is 0.317 e. The summed E-state index contributed by atoms with van der Waals surface area (Å²) >= 11 is 0.673. The number of halogens is 2. The molecule has 0 unspecified atom stereocenters. The first kappa shape index (κ1) is 23.4. The van der Waals surface area contributed by atoms with Crippen LogP contribution < -0.4 is 5.32 Å². The number of nitrogens with one attached hydrogen (secondary N) is 1. The van der Waals surface area contributed by atoms with Gasteiger partial charge in [0, 0.05) is 12.5 Å². The zero-order chi connectivity index (χ0) is 19.6. The summed E-state index contributed by atoms with van der Waals surface area (Å²) in [6.07, 6.45) is 2.06. The lowest BCUT2D eigenvalue weighted by molar-refractivity contribution is 0.0735. The van der Waals surface area contributed by atoms with E-state index >= 15 is 0 Å². The summed E-state index contributed by atoms with van der Waals surface area (Å²) in [5.41, 5.74) is 1.64. The van der Waals surface area contributed by atoms with Gasteiger partial charge in [0.25, 0.3) is 11.8 Å². The van der Waals surface area contributed by atoms with Crippen LogP contribution in [0.25, 0.3) is 0 Å². The number of carbonyl (C=O) groups excluding carboxylic acids is 1. The topological polar surface area (TPSA) is 29.1 Å². The molecule has 0 spiro atoms. The van der Waals surface area contributed by atoms with Crippen molar-refractivity contribution in [1.82, 2.24) is 5.32 Å². The smallest absolute Gasteiger partial charge is 0.276 e. The Balaban J connectivity index is 0.00000277. The van der Waals surface area contributed by atoms with E-state index in [9.17, 15) is 13.6 Å². The lowest BCUT2D eigenvalue weighted by atomic mass is 10.0. The van der Waals surface area contributed by atoms with Crippen molar-refractivity contribution in [3.05, 3.63) is 58.5 Å². The van der Waals surface area contributed by atoms with Gasteiger partial charge in [-0.05, 0) is 36.5 Å². The number of carbonyl (C=O) groups is 1. The van der Waals surface area contributed by atoms with Crippen LogP contribution in [0.15, 0.2) is 47.4 Å². The first-order valence-electron chi connectivity index (χ1n) is 8.44. The number of rotatable bonds is 8. The normalized spacial score (nSPS) is 10.7. The summed E-state index contributed by atoms with van der Waals surface area (Å²) in [6.45, 7) is 16.0. The highest BCUT2D eigenvalue weighted by Gasteiger charge is 2.27. The standard InChI is InChI=1S/C18H23F2NOS.C2H6/c1-12(2)6-7-15-8-10-16(11-9-15)17(22)21-14(4)23-13(3)18(5,19)20;1-2/h8-12H,3-4,6-7H2,1-2,5H3,(H,21,22);1-2H3. The predicted molar refractivity (Wildman–Crippen MR) is 105 cm³/mol. The number of hydrogen-bond donors (Lipinski definition) is 1. The molecule has 0 aromatic heterocycles. The summed E-state index contributed by atoms with van der Waals surface area (Å²) in [5.74, 6) is -2.76. The Morgan fingerprint density at radius 2 is 1.72 bits per heavy atom. The number of aryl methyl sites for hydroxylation is 1.